The normalized spacial score (nSPS) is 20.6. The third kappa shape index (κ3) is 1.18. The van der Waals surface area contributed by atoms with E-state index in [1.54, 1.807) is 0 Å². The minimum atomic E-state index is -0.0166. The minimum absolute atomic E-state index is 0.00787. The van der Waals surface area contributed by atoms with E-state index >= 15 is 0 Å². The summed E-state index contributed by atoms with van der Waals surface area (Å²) in [4.78, 5) is 23.1. The van der Waals surface area contributed by atoms with E-state index in [4.69, 9.17) is 0 Å². The third-order valence-electron chi connectivity index (χ3n) is 2.67. The van der Waals surface area contributed by atoms with Crippen LogP contribution in [0.15, 0.2) is 34.9 Å². The quantitative estimate of drug-likeness (QED) is 0.589. The monoisotopic (exact) mass is 188 g/mol. The predicted molar refractivity (Wildman–Crippen MR) is 53.7 cm³/mol. The maximum Gasteiger partial charge on any atom is 0.186 e. The molecule has 0 aromatic heterocycles. The number of carbonyl (C=O) groups excluding carboxylic acids is 2. The zero-order valence-electron chi connectivity index (χ0n) is 8.33. The molecule has 0 aromatic rings. The molecule has 0 radical (unpaired) electrons. The largest absolute Gasteiger partial charge is 0.290 e. The maximum absolute atomic E-state index is 11.6. The zero-order valence-corrected chi connectivity index (χ0v) is 8.33. The van der Waals surface area contributed by atoms with Crippen LogP contribution in [0.4, 0.5) is 0 Å². The molecule has 0 amide bonds. The van der Waals surface area contributed by atoms with E-state index in [9.17, 15) is 9.59 Å². The van der Waals surface area contributed by atoms with Crippen molar-refractivity contribution in [3.05, 3.63) is 34.9 Å². The Bertz CT molecular complexity index is 406. The van der Waals surface area contributed by atoms with Gasteiger partial charge in [-0.1, -0.05) is 19.9 Å². The molecule has 0 saturated heterocycles. The second kappa shape index (κ2) is 3.05. The summed E-state index contributed by atoms with van der Waals surface area (Å²) in [6.07, 6.45) is 5.37. The lowest BCUT2D eigenvalue weighted by Crippen LogP contribution is -2.14. The molecule has 2 rings (SSSR count). The smallest absolute Gasteiger partial charge is 0.186 e. The molecule has 0 fully saturated rings. The fraction of sp³-hybridized carbons (Fsp3) is 0.333. The third-order valence-corrected chi connectivity index (χ3v) is 2.67. The van der Waals surface area contributed by atoms with Crippen LogP contribution in [-0.2, 0) is 9.59 Å². The molecule has 2 aliphatic carbocycles. The SMILES string of the molecule is CC(C)C1=CCC2=C1C(=O)C=CC2=O. The lowest BCUT2D eigenvalue weighted by Gasteiger charge is -2.13. The molecule has 0 aromatic carbocycles. The highest BCUT2D eigenvalue weighted by Gasteiger charge is 2.29. The first kappa shape index (κ1) is 9.13. The van der Waals surface area contributed by atoms with Crippen LogP contribution in [0.3, 0.4) is 0 Å². The molecule has 72 valence electrons. The molecule has 2 heteroatoms. The molecule has 0 heterocycles. The van der Waals surface area contributed by atoms with Gasteiger partial charge in [0.05, 0.1) is 0 Å². The predicted octanol–water partition coefficient (Wildman–Crippen LogP) is 1.98. The lowest BCUT2D eigenvalue weighted by atomic mass is 9.89. The Morgan fingerprint density at radius 3 is 2.43 bits per heavy atom. The van der Waals surface area contributed by atoms with E-state index < -0.39 is 0 Å². The van der Waals surface area contributed by atoms with Gasteiger partial charge < -0.3 is 0 Å². The van der Waals surface area contributed by atoms with Crippen molar-refractivity contribution in [1.82, 2.24) is 0 Å². The van der Waals surface area contributed by atoms with E-state index in [0.717, 1.165) is 5.57 Å². The van der Waals surface area contributed by atoms with Gasteiger partial charge in [0.15, 0.2) is 11.6 Å². The van der Waals surface area contributed by atoms with E-state index in [1.165, 1.54) is 12.2 Å². The second-order valence-corrected chi connectivity index (χ2v) is 3.93. The Morgan fingerprint density at radius 2 is 1.79 bits per heavy atom. The van der Waals surface area contributed by atoms with E-state index in [1.807, 2.05) is 19.9 Å². The van der Waals surface area contributed by atoms with Crippen LogP contribution in [0.2, 0.25) is 0 Å². The summed E-state index contributed by atoms with van der Waals surface area (Å²) < 4.78 is 0. The summed E-state index contributed by atoms with van der Waals surface area (Å²) in [7, 11) is 0. The first-order chi connectivity index (χ1) is 6.61. The van der Waals surface area contributed by atoms with Crippen molar-refractivity contribution in [2.75, 3.05) is 0 Å². The van der Waals surface area contributed by atoms with E-state index in [2.05, 4.69) is 0 Å². The van der Waals surface area contributed by atoms with Crippen molar-refractivity contribution < 1.29 is 9.59 Å². The number of hydrogen-bond donors (Lipinski definition) is 0. The van der Waals surface area contributed by atoms with Crippen LogP contribution in [0.25, 0.3) is 0 Å². The molecular formula is C12H12O2. The van der Waals surface area contributed by atoms with Crippen molar-refractivity contribution in [1.29, 1.82) is 0 Å². The summed E-state index contributed by atoms with van der Waals surface area (Å²) in [5.74, 6) is 0.286. The van der Waals surface area contributed by atoms with Crippen molar-refractivity contribution >= 4 is 11.6 Å². The number of allylic oxidation sites excluding steroid dienone is 6. The zero-order chi connectivity index (χ0) is 10.3. The molecule has 0 unspecified atom stereocenters. The molecule has 2 aliphatic rings. The highest BCUT2D eigenvalue weighted by molar-refractivity contribution is 6.22. The Labute approximate surface area is 83.0 Å². The van der Waals surface area contributed by atoms with Crippen LogP contribution in [0.1, 0.15) is 20.3 Å². The van der Waals surface area contributed by atoms with Crippen molar-refractivity contribution in [2.24, 2.45) is 5.92 Å². The molecule has 0 aliphatic heterocycles. The van der Waals surface area contributed by atoms with Crippen LogP contribution < -0.4 is 0 Å². The van der Waals surface area contributed by atoms with Crippen LogP contribution in [0, 0.1) is 5.92 Å². The van der Waals surface area contributed by atoms with Crippen molar-refractivity contribution in [2.45, 2.75) is 20.3 Å². The summed E-state index contributed by atoms with van der Waals surface area (Å²) >= 11 is 0. The van der Waals surface area contributed by atoms with E-state index in [-0.39, 0.29) is 11.6 Å². The van der Waals surface area contributed by atoms with Gasteiger partial charge in [-0.2, -0.15) is 0 Å². The number of hydrogen-bond acceptors (Lipinski definition) is 2. The van der Waals surface area contributed by atoms with Gasteiger partial charge in [-0.3, -0.25) is 9.59 Å². The van der Waals surface area contributed by atoms with Gasteiger partial charge in [0.1, 0.15) is 0 Å². The lowest BCUT2D eigenvalue weighted by molar-refractivity contribution is -0.115. The first-order valence-electron chi connectivity index (χ1n) is 4.81. The van der Waals surface area contributed by atoms with Gasteiger partial charge in [0, 0.05) is 11.1 Å². The highest BCUT2D eigenvalue weighted by atomic mass is 16.1. The highest BCUT2D eigenvalue weighted by Crippen LogP contribution is 2.34. The van der Waals surface area contributed by atoms with Gasteiger partial charge in [0.25, 0.3) is 0 Å². The van der Waals surface area contributed by atoms with E-state index in [0.29, 0.717) is 23.5 Å². The number of rotatable bonds is 1. The molecule has 0 spiro atoms. The maximum atomic E-state index is 11.6. The Kier molecular flexibility index (Phi) is 1.99. The molecule has 14 heavy (non-hydrogen) atoms. The average Bonchev–Trinajstić information content (AvgIpc) is 2.56. The topological polar surface area (TPSA) is 34.1 Å². The molecule has 2 nitrogen and oxygen atoms in total. The number of carbonyl (C=O) groups is 2. The first-order valence-corrected chi connectivity index (χ1v) is 4.81. The second-order valence-electron chi connectivity index (χ2n) is 3.93. The summed E-state index contributed by atoms with van der Waals surface area (Å²) in [5.41, 5.74) is 2.37. The summed E-state index contributed by atoms with van der Waals surface area (Å²) in [6.45, 7) is 4.08. The van der Waals surface area contributed by atoms with Crippen LogP contribution in [-0.4, -0.2) is 11.6 Å². The van der Waals surface area contributed by atoms with Crippen molar-refractivity contribution in [3.63, 3.8) is 0 Å². The Morgan fingerprint density at radius 1 is 1.14 bits per heavy atom. The van der Waals surface area contributed by atoms with Gasteiger partial charge >= 0.3 is 0 Å². The minimum Gasteiger partial charge on any atom is -0.290 e. The van der Waals surface area contributed by atoms with Crippen LogP contribution >= 0.6 is 0 Å². The van der Waals surface area contributed by atoms with Gasteiger partial charge in [0.2, 0.25) is 0 Å². The standard InChI is InChI=1S/C12H12O2/c1-7(2)8-3-4-9-10(13)5-6-11(14)12(8)9/h3,5-7H,4H2,1-2H3. The molecule has 0 bridgehead atoms. The molecular weight excluding hydrogens is 176 g/mol. The van der Waals surface area contributed by atoms with Crippen LogP contribution in [0.5, 0.6) is 0 Å². The van der Waals surface area contributed by atoms with Gasteiger partial charge in [-0.25, -0.2) is 0 Å². The fourth-order valence-corrected chi connectivity index (χ4v) is 1.96. The van der Waals surface area contributed by atoms with Gasteiger partial charge in [-0.05, 0) is 30.1 Å². The molecule has 0 saturated carbocycles. The summed E-state index contributed by atoms with van der Waals surface area (Å²) in [5, 5.41) is 0. The Hall–Kier alpha value is -1.44. The Balaban J connectivity index is 2.47. The molecule has 0 atom stereocenters. The molecule has 0 N–H and O–H groups in total. The summed E-state index contributed by atoms with van der Waals surface area (Å²) in [6, 6.07) is 0. The fourth-order valence-electron chi connectivity index (χ4n) is 1.96. The number of ketones is 2. The average molecular weight is 188 g/mol. The van der Waals surface area contributed by atoms with Gasteiger partial charge in [-0.15, -0.1) is 0 Å². The van der Waals surface area contributed by atoms with Crippen molar-refractivity contribution in [3.8, 4) is 0 Å².